The van der Waals surface area contributed by atoms with Crippen LogP contribution >= 0.6 is 34.2 Å². The highest BCUT2D eigenvalue weighted by Gasteiger charge is 2.16. The van der Waals surface area contributed by atoms with Crippen LogP contribution in [0.25, 0.3) is 0 Å². The van der Waals surface area contributed by atoms with Crippen LogP contribution in [0.4, 0.5) is 5.69 Å². The molecular formula is C9H7ClIN. The molecular weight excluding hydrogens is 284 g/mol. The fourth-order valence-corrected chi connectivity index (χ4v) is 2.60. The van der Waals surface area contributed by atoms with E-state index in [9.17, 15) is 0 Å². The molecule has 0 unspecified atom stereocenters. The Kier molecular flexibility index (Phi) is 2.04. The van der Waals surface area contributed by atoms with Gasteiger partial charge in [0.1, 0.15) is 0 Å². The second-order valence-electron chi connectivity index (χ2n) is 2.83. The topological polar surface area (TPSA) is 12.0 Å². The Morgan fingerprint density at radius 2 is 2.25 bits per heavy atom. The molecule has 0 saturated heterocycles. The molecule has 0 aromatic heterocycles. The molecule has 0 saturated carbocycles. The van der Waals surface area contributed by atoms with E-state index < -0.39 is 0 Å². The SMILES string of the molecule is C=C1Cc2cc(Cl)cc(I)c2N1. The van der Waals surface area contributed by atoms with Gasteiger partial charge in [-0.25, -0.2) is 0 Å². The van der Waals surface area contributed by atoms with Gasteiger partial charge in [0, 0.05) is 20.7 Å². The second kappa shape index (κ2) is 2.92. The van der Waals surface area contributed by atoms with Gasteiger partial charge in [0.25, 0.3) is 0 Å². The number of halogens is 2. The van der Waals surface area contributed by atoms with Crippen molar-refractivity contribution >= 4 is 39.9 Å². The molecule has 3 heteroatoms. The monoisotopic (exact) mass is 291 g/mol. The molecule has 0 atom stereocenters. The van der Waals surface area contributed by atoms with Crippen molar-refractivity contribution in [1.82, 2.24) is 0 Å². The summed E-state index contributed by atoms with van der Waals surface area (Å²) in [4.78, 5) is 0. The van der Waals surface area contributed by atoms with Gasteiger partial charge in [-0.05, 0) is 40.3 Å². The van der Waals surface area contributed by atoms with Crippen molar-refractivity contribution in [2.24, 2.45) is 0 Å². The molecule has 0 radical (unpaired) electrons. The quantitative estimate of drug-likeness (QED) is 0.722. The molecule has 0 spiro atoms. The van der Waals surface area contributed by atoms with E-state index in [1.807, 2.05) is 12.1 Å². The number of hydrogen-bond donors (Lipinski definition) is 1. The van der Waals surface area contributed by atoms with E-state index in [0.29, 0.717) is 0 Å². The lowest BCUT2D eigenvalue weighted by molar-refractivity contribution is 1.26. The summed E-state index contributed by atoms with van der Waals surface area (Å²) in [7, 11) is 0. The van der Waals surface area contributed by atoms with Crippen molar-refractivity contribution in [2.45, 2.75) is 6.42 Å². The van der Waals surface area contributed by atoms with E-state index in [-0.39, 0.29) is 0 Å². The third-order valence-corrected chi connectivity index (χ3v) is 2.91. The number of anilines is 1. The Morgan fingerprint density at radius 1 is 1.50 bits per heavy atom. The van der Waals surface area contributed by atoms with Crippen LogP contribution in [0.5, 0.6) is 0 Å². The van der Waals surface area contributed by atoms with Gasteiger partial charge in [-0.15, -0.1) is 0 Å². The van der Waals surface area contributed by atoms with Gasteiger partial charge in [-0.2, -0.15) is 0 Å². The fraction of sp³-hybridized carbons (Fsp3) is 0.111. The molecule has 0 fully saturated rings. The summed E-state index contributed by atoms with van der Waals surface area (Å²) < 4.78 is 1.16. The smallest absolute Gasteiger partial charge is 0.0554 e. The standard InChI is InChI=1S/C9H7ClIN/c1-5-2-6-3-7(10)4-8(11)9(6)12-5/h3-4,12H,1-2H2. The van der Waals surface area contributed by atoms with Crippen LogP contribution in [0, 0.1) is 3.57 Å². The van der Waals surface area contributed by atoms with Gasteiger partial charge in [-0.3, -0.25) is 0 Å². The van der Waals surface area contributed by atoms with Gasteiger partial charge in [0.05, 0.1) is 5.69 Å². The predicted molar refractivity (Wildman–Crippen MR) is 60.6 cm³/mol. The van der Waals surface area contributed by atoms with Crippen molar-refractivity contribution in [2.75, 3.05) is 5.32 Å². The molecule has 1 heterocycles. The fourth-order valence-electron chi connectivity index (χ4n) is 1.36. The van der Waals surface area contributed by atoms with E-state index in [1.165, 1.54) is 11.3 Å². The lowest BCUT2D eigenvalue weighted by Gasteiger charge is -2.02. The van der Waals surface area contributed by atoms with Gasteiger partial charge in [0.2, 0.25) is 0 Å². The van der Waals surface area contributed by atoms with Gasteiger partial charge in [-0.1, -0.05) is 18.2 Å². The summed E-state index contributed by atoms with van der Waals surface area (Å²) in [6.07, 6.45) is 0.895. The zero-order valence-corrected chi connectivity index (χ0v) is 9.24. The molecule has 0 aliphatic carbocycles. The Balaban J connectivity index is 2.59. The zero-order chi connectivity index (χ0) is 8.72. The van der Waals surface area contributed by atoms with E-state index in [4.69, 9.17) is 11.6 Å². The maximum absolute atomic E-state index is 5.91. The maximum Gasteiger partial charge on any atom is 0.0554 e. The Bertz CT molecular complexity index is 360. The largest absolute Gasteiger partial charge is 0.358 e. The van der Waals surface area contributed by atoms with E-state index in [2.05, 4.69) is 34.5 Å². The summed E-state index contributed by atoms with van der Waals surface area (Å²) in [6.45, 7) is 3.88. The molecule has 0 bridgehead atoms. The first-order valence-corrected chi connectivity index (χ1v) is 5.05. The summed E-state index contributed by atoms with van der Waals surface area (Å²) in [5.41, 5.74) is 3.46. The predicted octanol–water partition coefficient (Wildman–Crippen LogP) is 3.43. The third-order valence-electron chi connectivity index (χ3n) is 1.84. The first-order chi connectivity index (χ1) is 5.66. The highest BCUT2D eigenvalue weighted by molar-refractivity contribution is 14.1. The summed E-state index contributed by atoms with van der Waals surface area (Å²) in [6, 6.07) is 3.94. The number of allylic oxidation sites excluding steroid dienone is 1. The van der Waals surface area contributed by atoms with Gasteiger partial charge in [0.15, 0.2) is 0 Å². The van der Waals surface area contributed by atoms with Crippen molar-refractivity contribution < 1.29 is 0 Å². The molecule has 1 nitrogen and oxygen atoms in total. The first kappa shape index (κ1) is 8.38. The third kappa shape index (κ3) is 1.33. The van der Waals surface area contributed by atoms with Crippen molar-refractivity contribution in [3.05, 3.63) is 38.6 Å². The lowest BCUT2D eigenvalue weighted by atomic mass is 10.1. The Morgan fingerprint density at radius 3 is 3.00 bits per heavy atom. The van der Waals surface area contributed by atoms with E-state index in [0.717, 1.165) is 20.7 Å². The number of rotatable bonds is 0. The number of fused-ring (bicyclic) bond motifs is 1. The minimum Gasteiger partial charge on any atom is -0.358 e. The average molecular weight is 292 g/mol. The molecule has 1 N–H and O–H groups in total. The number of benzene rings is 1. The maximum atomic E-state index is 5.91. The van der Waals surface area contributed by atoms with Crippen LogP contribution in [0.15, 0.2) is 24.4 Å². The number of hydrogen-bond acceptors (Lipinski definition) is 1. The van der Waals surface area contributed by atoms with Crippen molar-refractivity contribution in [3.8, 4) is 0 Å². The molecule has 1 aliphatic rings. The summed E-state index contributed by atoms with van der Waals surface area (Å²) >= 11 is 8.19. The van der Waals surface area contributed by atoms with E-state index >= 15 is 0 Å². The molecule has 0 amide bonds. The van der Waals surface area contributed by atoms with Crippen LogP contribution in [-0.2, 0) is 6.42 Å². The normalized spacial score (nSPS) is 14.3. The zero-order valence-electron chi connectivity index (χ0n) is 6.32. The molecule has 1 aromatic rings. The Hall–Kier alpha value is -0.220. The Labute approximate surface area is 89.9 Å². The first-order valence-electron chi connectivity index (χ1n) is 3.59. The van der Waals surface area contributed by atoms with Crippen molar-refractivity contribution in [3.63, 3.8) is 0 Å². The molecule has 1 aromatic carbocycles. The van der Waals surface area contributed by atoms with Crippen molar-refractivity contribution in [1.29, 1.82) is 0 Å². The molecule has 2 rings (SSSR count). The molecule has 1 aliphatic heterocycles. The van der Waals surface area contributed by atoms with Gasteiger partial charge < -0.3 is 5.32 Å². The lowest BCUT2D eigenvalue weighted by Crippen LogP contribution is -1.89. The minimum absolute atomic E-state index is 0.801. The average Bonchev–Trinajstić information content (AvgIpc) is 2.29. The van der Waals surface area contributed by atoms with E-state index in [1.54, 1.807) is 0 Å². The number of nitrogens with one attached hydrogen (secondary N) is 1. The second-order valence-corrected chi connectivity index (χ2v) is 4.43. The molecule has 62 valence electrons. The minimum atomic E-state index is 0.801. The molecule has 12 heavy (non-hydrogen) atoms. The highest BCUT2D eigenvalue weighted by Crippen LogP contribution is 2.34. The summed E-state index contributed by atoms with van der Waals surface area (Å²) in [5.74, 6) is 0. The van der Waals surface area contributed by atoms with Crippen LogP contribution in [0.3, 0.4) is 0 Å². The van der Waals surface area contributed by atoms with Crippen LogP contribution in [-0.4, -0.2) is 0 Å². The van der Waals surface area contributed by atoms with Crippen LogP contribution in [0.1, 0.15) is 5.56 Å². The van der Waals surface area contributed by atoms with Gasteiger partial charge >= 0.3 is 0 Å². The van der Waals surface area contributed by atoms with Crippen LogP contribution in [0.2, 0.25) is 5.02 Å². The highest BCUT2D eigenvalue weighted by atomic mass is 127. The van der Waals surface area contributed by atoms with Crippen LogP contribution < -0.4 is 5.32 Å². The summed E-state index contributed by atoms with van der Waals surface area (Å²) in [5, 5.41) is 4.03.